The van der Waals surface area contributed by atoms with Crippen LogP contribution >= 0.6 is 11.3 Å². The summed E-state index contributed by atoms with van der Waals surface area (Å²) in [5.74, 6) is -5.52. The first-order valence-corrected chi connectivity index (χ1v) is 6.49. The molecule has 1 nitrogen and oxygen atoms in total. The van der Waals surface area contributed by atoms with Crippen LogP contribution in [0.3, 0.4) is 0 Å². The van der Waals surface area contributed by atoms with Crippen LogP contribution in [-0.2, 0) is 6.54 Å². The van der Waals surface area contributed by atoms with E-state index in [-0.39, 0.29) is 10.9 Å². The quantitative estimate of drug-likeness (QED) is 0.660. The predicted octanol–water partition coefficient (Wildman–Crippen LogP) is 4.08. The first kappa shape index (κ1) is 14.0. The maximum atomic E-state index is 13.6. The standard InChI is InChI=1S/C13H11F4NS/c1-2-18-6-7-3-4-10(19-7)11-12(16)8(14)5-9(15)13(11)17/h3-5,18H,2,6H2,1H3. The maximum absolute atomic E-state index is 13.6. The second-order valence-corrected chi connectivity index (χ2v) is 5.06. The highest BCUT2D eigenvalue weighted by molar-refractivity contribution is 7.15. The average Bonchev–Trinajstić information content (AvgIpc) is 2.83. The van der Waals surface area contributed by atoms with Gasteiger partial charge in [-0.2, -0.15) is 0 Å². The number of rotatable bonds is 4. The van der Waals surface area contributed by atoms with Crippen LogP contribution in [-0.4, -0.2) is 6.54 Å². The zero-order chi connectivity index (χ0) is 14.0. The molecule has 1 N–H and O–H groups in total. The lowest BCUT2D eigenvalue weighted by atomic mass is 10.1. The highest BCUT2D eigenvalue weighted by Gasteiger charge is 2.21. The van der Waals surface area contributed by atoms with Gasteiger partial charge in [0.2, 0.25) is 0 Å². The molecule has 0 spiro atoms. The van der Waals surface area contributed by atoms with Gasteiger partial charge in [-0.25, -0.2) is 17.6 Å². The molecule has 0 fully saturated rings. The van der Waals surface area contributed by atoms with E-state index in [2.05, 4.69) is 5.32 Å². The van der Waals surface area contributed by atoms with Gasteiger partial charge in [-0.15, -0.1) is 11.3 Å². The summed E-state index contributed by atoms with van der Waals surface area (Å²) in [6.07, 6.45) is 0. The van der Waals surface area contributed by atoms with Crippen LogP contribution in [0.5, 0.6) is 0 Å². The summed E-state index contributed by atoms with van der Waals surface area (Å²) in [6, 6.07) is 3.34. The number of hydrogen-bond donors (Lipinski definition) is 1. The van der Waals surface area contributed by atoms with Crippen LogP contribution in [0.1, 0.15) is 11.8 Å². The second kappa shape index (κ2) is 5.71. The molecule has 1 aromatic heterocycles. The Kier molecular flexibility index (Phi) is 4.21. The second-order valence-electron chi connectivity index (χ2n) is 3.89. The molecule has 102 valence electrons. The zero-order valence-corrected chi connectivity index (χ0v) is 10.9. The van der Waals surface area contributed by atoms with E-state index in [0.29, 0.717) is 6.54 Å². The van der Waals surface area contributed by atoms with Crippen molar-refractivity contribution in [3.8, 4) is 10.4 Å². The molecule has 0 aliphatic rings. The van der Waals surface area contributed by atoms with E-state index in [4.69, 9.17) is 0 Å². The van der Waals surface area contributed by atoms with Crippen molar-refractivity contribution in [3.05, 3.63) is 46.3 Å². The zero-order valence-electron chi connectivity index (χ0n) is 10.1. The van der Waals surface area contributed by atoms with E-state index in [1.807, 2.05) is 6.92 Å². The molecule has 0 amide bonds. The molecule has 1 heterocycles. The van der Waals surface area contributed by atoms with E-state index in [1.54, 1.807) is 6.07 Å². The molecule has 19 heavy (non-hydrogen) atoms. The van der Waals surface area contributed by atoms with Gasteiger partial charge in [0.25, 0.3) is 0 Å². The smallest absolute Gasteiger partial charge is 0.170 e. The highest BCUT2D eigenvalue weighted by Crippen LogP contribution is 2.34. The van der Waals surface area contributed by atoms with Gasteiger partial charge in [0.15, 0.2) is 23.3 Å². The Morgan fingerprint density at radius 3 is 2.26 bits per heavy atom. The van der Waals surface area contributed by atoms with E-state index < -0.39 is 28.8 Å². The predicted molar refractivity (Wildman–Crippen MR) is 67.0 cm³/mol. The molecular weight excluding hydrogens is 278 g/mol. The summed E-state index contributed by atoms with van der Waals surface area (Å²) < 4.78 is 53.4. The van der Waals surface area contributed by atoms with E-state index in [1.165, 1.54) is 6.07 Å². The minimum absolute atomic E-state index is 0.168. The van der Waals surface area contributed by atoms with E-state index >= 15 is 0 Å². The van der Waals surface area contributed by atoms with Gasteiger partial charge in [-0.3, -0.25) is 0 Å². The first-order chi connectivity index (χ1) is 9.04. The number of halogens is 4. The molecule has 0 aliphatic carbocycles. The average molecular weight is 289 g/mol. The molecular formula is C13H11F4NS. The van der Waals surface area contributed by atoms with Gasteiger partial charge in [0.05, 0.1) is 5.56 Å². The number of hydrogen-bond acceptors (Lipinski definition) is 2. The molecule has 6 heteroatoms. The summed E-state index contributed by atoms with van der Waals surface area (Å²) in [5.41, 5.74) is -0.648. The molecule has 1 aromatic carbocycles. The maximum Gasteiger partial charge on any atom is 0.170 e. The van der Waals surface area contributed by atoms with Crippen molar-refractivity contribution in [2.24, 2.45) is 0 Å². The Hall–Kier alpha value is -1.40. The van der Waals surface area contributed by atoms with Crippen LogP contribution < -0.4 is 5.32 Å². The lowest BCUT2D eigenvalue weighted by molar-refractivity contribution is 0.458. The summed E-state index contributed by atoms with van der Waals surface area (Å²) >= 11 is 1.10. The SMILES string of the molecule is CCNCc1ccc(-c2c(F)c(F)cc(F)c2F)s1. The van der Waals surface area contributed by atoms with E-state index in [9.17, 15) is 17.6 Å². The Balaban J connectivity index is 2.44. The third kappa shape index (κ3) is 2.79. The first-order valence-electron chi connectivity index (χ1n) is 5.67. The summed E-state index contributed by atoms with van der Waals surface area (Å²) in [6.45, 7) is 3.22. The molecule has 0 aliphatic heterocycles. The third-order valence-corrected chi connectivity index (χ3v) is 3.67. The lowest BCUT2D eigenvalue weighted by Gasteiger charge is -2.04. The number of nitrogens with one attached hydrogen (secondary N) is 1. The molecule has 2 rings (SSSR count). The largest absolute Gasteiger partial charge is 0.312 e. The Morgan fingerprint density at radius 2 is 1.68 bits per heavy atom. The normalized spacial score (nSPS) is 11.0. The van der Waals surface area contributed by atoms with Crippen LogP contribution in [0.15, 0.2) is 18.2 Å². The molecule has 0 saturated carbocycles. The highest BCUT2D eigenvalue weighted by atomic mass is 32.1. The fraction of sp³-hybridized carbons (Fsp3) is 0.231. The van der Waals surface area contributed by atoms with Crippen LogP contribution in [0.25, 0.3) is 10.4 Å². The van der Waals surface area contributed by atoms with Crippen LogP contribution in [0, 0.1) is 23.3 Å². The van der Waals surface area contributed by atoms with Gasteiger partial charge >= 0.3 is 0 Å². The van der Waals surface area contributed by atoms with Gasteiger partial charge in [0.1, 0.15) is 0 Å². The third-order valence-electron chi connectivity index (χ3n) is 2.57. The number of thiophene rings is 1. The van der Waals surface area contributed by atoms with Crippen molar-refractivity contribution in [2.45, 2.75) is 13.5 Å². The minimum atomic E-state index is -1.39. The van der Waals surface area contributed by atoms with Crippen LogP contribution in [0.2, 0.25) is 0 Å². The molecule has 2 aromatic rings. The molecule has 0 bridgehead atoms. The van der Waals surface area contributed by atoms with Crippen molar-refractivity contribution in [1.82, 2.24) is 5.32 Å². The van der Waals surface area contributed by atoms with Crippen molar-refractivity contribution in [2.75, 3.05) is 6.54 Å². The molecule has 0 atom stereocenters. The van der Waals surface area contributed by atoms with Crippen molar-refractivity contribution in [3.63, 3.8) is 0 Å². The van der Waals surface area contributed by atoms with Gasteiger partial charge in [-0.1, -0.05) is 6.92 Å². The van der Waals surface area contributed by atoms with Crippen molar-refractivity contribution in [1.29, 1.82) is 0 Å². The van der Waals surface area contributed by atoms with E-state index in [0.717, 1.165) is 22.8 Å². The Bertz CT molecular complexity index is 568. The van der Waals surface area contributed by atoms with Crippen molar-refractivity contribution >= 4 is 11.3 Å². The van der Waals surface area contributed by atoms with Crippen molar-refractivity contribution < 1.29 is 17.6 Å². The molecule has 0 unspecified atom stereocenters. The fourth-order valence-corrected chi connectivity index (χ4v) is 2.66. The van der Waals surface area contributed by atoms with Gasteiger partial charge in [-0.05, 0) is 18.7 Å². The van der Waals surface area contributed by atoms with Crippen LogP contribution in [0.4, 0.5) is 17.6 Å². The van der Waals surface area contributed by atoms with Gasteiger partial charge < -0.3 is 5.32 Å². The summed E-state index contributed by atoms with van der Waals surface area (Å²) in [5, 5.41) is 3.06. The fourth-order valence-electron chi connectivity index (χ4n) is 1.64. The summed E-state index contributed by atoms with van der Waals surface area (Å²) in [4.78, 5) is 1.00. The molecule has 0 radical (unpaired) electrons. The Labute approximate surface area is 111 Å². The Morgan fingerprint density at radius 1 is 1.05 bits per heavy atom. The lowest BCUT2D eigenvalue weighted by Crippen LogP contribution is -2.10. The number of benzene rings is 1. The monoisotopic (exact) mass is 289 g/mol. The minimum Gasteiger partial charge on any atom is -0.312 e. The van der Waals surface area contributed by atoms with Gasteiger partial charge in [0, 0.05) is 22.4 Å². The topological polar surface area (TPSA) is 12.0 Å². The summed E-state index contributed by atoms with van der Waals surface area (Å²) in [7, 11) is 0. The molecule has 0 saturated heterocycles.